The molecule has 2 amide bonds. The van der Waals surface area contributed by atoms with Gasteiger partial charge < -0.3 is 10.6 Å². The highest BCUT2D eigenvalue weighted by Crippen LogP contribution is 2.14. The summed E-state index contributed by atoms with van der Waals surface area (Å²) < 4.78 is 0. The van der Waals surface area contributed by atoms with Crippen LogP contribution in [0.4, 0.5) is 0 Å². The summed E-state index contributed by atoms with van der Waals surface area (Å²) in [5, 5.41) is 0. The van der Waals surface area contributed by atoms with E-state index in [-0.39, 0.29) is 17.9 Å². The molecule has 0 radical (unpaired) electrons. The number of primary amides is 1. The van der Waals surface area contributed by atoms with Gasteiger partial charge in [-0.05, 0) is 44.0 Å². The van der Waals surface area contributed by atoms with E-state index in [0.29, 0.717) is 26.2 Å². The van der Waals surface area contributed by atoms with Crippen molar-refractivity contribution in [1.82, 2.24) is 9.80 Å². The highest BCUT2D eigenvalue weighted by Gasteiger charge is 2.26. The van der Waals surface area contributed by atoms with Crippen molar-refractivity contribution in [2.24, 2.45) is 5.73 Å². The molecule has 0 aliphatic carbocycles. The minimum Gasteiger partial charge on any atom is -0.368 e. The quantitative estimate of drug-likeness (QED) is 0.900. The van der Waals surface area contributed by atoms with Gasteiger partial charge in [-0.15, -0.1) is 0 Å². The van der Waals surface area contributed by atoms with Gasteiger partial charge in [-0.25, -0.2) is 0 Å². The predicted molar refractivity (Wildman–Crippen MR) is 82.0 cm³/mol. The molecule has 1 atom stereocenters. The first-order chi connectivity index (χ1) is 9.90. The molecular formula is C16H23N3O2. The number of aryl methyl sites for hydroxylation is 2. The number of nitrogens with zero attached hydrogens (tertiary/aromatic N) is 2. The Bertz CT molecular complexity index is 548. The van der Waals surface area contributed by atoms with Crippen LogP contribution in [-0.2, 0) is 4.79 Å². The molecule has 5 heteroatoms. The van der Waals surface area contributed by atoms with Gasteiger partial charge in [-0.2, -0.15) is 0 Å². The third-order valence-electron chi connectivity index (χ3n) is 4.31. The lowest BCUT2D eigenvalue weighted by Crippen LogP contribution is -2.54. The summed E-state index contributed by atoms with van der Waals surface area (Å²) in [5.74, 6) is -0.256. The average molecular weight is 289 g/mol. The fourth-order valence-electron chi connectivity index (χ4n) is 2.55. The first-order valence-corrected chi connectivity index (χ1v) is 7.30. The van der Waals surface area contributed by atoms with Gasteiger partial charge >= 0.3 is 0 Å². The number of benzene rings is 1. The van der Waals surface area contributed by atoms with Gasteiger partial charge in [-0.1, -0.05) is 6.07 Å². The Morgan fingerprint density at radius 3 is 2.24 bits per heavy atom. The van der Waals surface area contributed by atoms with Crippen molar-refractivity contribution in [1.29, 1.82) is 0 Å². The zero-order valence-electron chi connectivity index (χ0n) is 12.9. The van der Waals surface area contributed by atoms with E-state index in [1.807, 2.05) is 48.8 Å². The van der Waals surface area contributed by atoms with Crippen LogP contribution in [-0.4, -0.2) is 53.8 Å². The summed E-state index contributed by atoms with van der Waals surface area (Å²) in [5.41, 5.74) is 8.37. The molecule has 0 aromatic heterocycles. The Hall–Kier alpha value is -1.88. The van der Waals surface area contributed by atoms with Crippen LogP contribution in [0.2, 0.25) is 0 Å². The zero-order chi connectivity index (χ0) is 15.6. The lowest BCUT2D eigenvalue weighted by molar-refractivity contribution is -0.123. The molecule has 5 nitrogen and oxygen atoms in total. The van der Waals surface area contributed by atoms with E-state index in [1.54, 1.807) is 0 Å². The van der Waals surface area contributed by atoms with Crippen molar-refractivity contribution < 1.29 is 9.59 Å². The first kappa shape index (κ1) is 15.5. The van der Waals surface area contributed by atoms with Crippen molar-refractivity contribution in [3.63, 3.8) is 0 Å². The fourth-order valence-corrected chi connectivity index (χ4v) is 2.55. The Morgan fingerprint density at radius 2 is 1.71 bits per heavy atom. The highest BCUT2D eigenvalue weighted by molar-refractivity contribution is 5.94. The molecule has 1 heterocycles. The van der Waals surface area contributed by atoms with Crippen molar-refractivity contribution >= 4 is 11.8 Å². The smallest absolute Gasteiger partial charge is 0.253 e. The lowest BCUT2D eigenvalue weighted by atomic mass is 10.1. The van der Waals surface area contributed by atoms with Crippen LogP contribution in [0.25, 0.3) is 0 Å². The second-order valence-corrected chi connectivity index (χ2v) is 5.71. The first-order valence-electron chi connectivity index (χ1n) is 7.30. The summed E-state index contributed by atoms with van der Waals surface area (Å²) in [4.78, 5) is 27.6. The summed E-state index contributed by atoms with van der Waals surface area (Å²) in [6.07, 6.45) is 0. The molecule has 0 bridgehead atoms. The van der Waals surface area contributed by atoms with E-state index in [0.717, 1.165) is 11.1 Å². The molecule has 0 spiro atoms. The van der Waals surface area contributed by atoms with Crippen LogP contribution in [0, 0.1) is 13.8 Å². The molecule has 2 N–H and O–H groups in total. The zero-order valence-corrected chi connectivity index (χ0v) is 12.9. The number of hydrogen-bond donors (Lipinski definition) is 1. The van der Waals surface area contributed by atoms with Crippen LogP contribution < -0.4 is 5.73 Å². The summed E-state index contributed by atoms with van der Waals surface area (Å²) >= 11 is 0. The average Bonchev–Trinajstić information content (AvgIpc) is 2.48. The molecule has 0 saturated carbocycles. The van der Waals surface area contributed by atoms with Crippen LogP contribution in [0.5, 0.6) is 0 Å². The molecule has 1 saturated heterocycles. The Morgan fingerprint density at radius 1 is 1.10 bits per heavy atom. The topological polar surface area (TPSA) is 66.6 Å². The molecule has 1 unspecified atom stereocenters. The molecule has 1 aromatic rings. The van der Waals surface area contributed by atoms with E-state index < -0.39 is 0 Å². The van der Waals surface area contributed by atoms with Crippen molar-refractivity contribution in [3.8, 4) is 0 Å². The molecule has 1 aliphatic heterocycles. The second-order valence-electron chi connectivity index (χ2n) is 5.71. The second kappa shape index (κ2) is 6.26. The maximum absolute atomic E-state index is 12.5. The van der Waals surface area contributed by atoms with Crippen molar-refractivity contribution in [3.05, 3.63) is 34.9 Å². The maximum Gasteiger partial charge on any atom is 0.253 e. The molecule has 1 aliphatic rings. The number of nitrogens with two attached hydrogens (primary N) is 1. The summed E-state index contributed by atoms with van der Waals surface area (Å²) in [6, 6.07) is 5.52. The lowest BCUT2D eigenvalue weighted by Gasteiger charge is -2.37. The van der Waals surface area contributed by atoms with Crippen LogP contribution in [0.15, 0.2) is 18.2 Å². The Kier molecular flexibility index (Phi) is 4.63. The molecule has 1 fully saturated rings. The van der Waals surface area contributed by atoms with Gasteiger partial charge in [-0.3, -0.25) is 14.5 Å². The van der Waals surface area contributed by atoms with E-state index in [4.69, 9.17) is 5.73 Å². The van der Waals surface area contributed by atoms with E-state index >= 15 is 0 Å². The van der Waals surface area contributed by atoms with E-state index in [9.17, 15) is 9.59 Å². The molecule has 1 aromatic carbocycles. The number of hydrogen-bond acceptors (Lipinski definition) is 3. The molecule has 21 heavy (non-hydrogen) atoms. The molecule has 114 valence electrons. The molecular weight excluding hydrogens is 266 g/mol. The number of carbonyl (C=O) groups is 2. The van der Waals surface area contributed by atoms with Gasteiger partial charge in [0.25, 0.3) is 5.91 Å². The van der Waals surface area contributed by atoms with Gasteiger partial charge in [0.05, 0.1) is 6.04 Å². The van der Waals surface area contributed by atoms with Crippen molar-refractivity contribution in [2.45, 2.75) is 26.8 Å². The third-order valence-corrected chi connectivity index (χ3v) is 4.31. The summed E-state index contributed by atoms with van der Waals surface area (Å²) in [6.45, 7) is 8.48. The maximum atomic E-state index is 12.5. The minimum atomic E-state index is -0.316. The third kappa shape index (κ3) is 3.42. The van der Waals surface area contributed by atoms with Crippen LogP contribution >= 0.6 is 0 Å². The largest absolute Gasteiger partial charge is 0.368 e. The number of piperazine rings is 1. The van der Waals surface area contributed by atoms with Crippen LogP contribution in [0.3, 0.4) is 0 Å². The van der Waals surface area contributed by atoms with Gasteiger partial charge in [0, 0.05) is 31.7 Å². The Balaban J connectivity index is 2.00. The molecule has 2 rings (SSSR count). The standard InChI is InChI=1S/C16H23N3O2/c1-11-4-5-14(10-12(11)2)16(21)19-8-6-18(7-9-19)13(3)15(17)20/h4-5,10,13H,6-9H2,1-3H3,(H2,17,20). The van der Waals surface area contributed by atoms with Gasteiger partial charge in [0.2, 0.25) is 5.91 Å². The van der Waals surface area contributed by atoms with E-state index in [2.05, 4.69) is 0 Å². The van der Waals surface area contributed by atoms with E-state index in [1.165, 1.54) is 5.56 Å². The SMILES string of the molecule is Cc1ccc(C(=O)N2CCN(C(C)C(N)=O)CC2)cc1C. The number of amides is 2. The summed E-state index contributed by atoms with van der Waals surface area (Å²) in [7, 11) is 0. The normalized spacial score (nSPS) is 17.6. The highest BCUT2D eigenvalue weighted by atomic mass is 16.2. The van der Waals surface area contributed by atoms with Gasteiger partial charge in [0.1, 0.15) is 0 Å². The van der Waals surface area contributed by atoms with Crippen molar-refractivity contribution in [2.75, 3.05) is 26.2 Å². The monoisotopic (exact) mass is 289 g/mol. The number of carbonyl (C=O) groups excluding carboxylic acids is 2. The minimum absolute atomic E-state index is 0.0597. The van der Waals surface area contributed by atoms with Crippen LogP contribution in [0.1, 0.15) is 28.4 Å². The predicted octanol–water partition coefficient (Wildman–Crippen LogP) is 0.935. The van der Waals surface area contributed by atoms with Gasteiger partial charge in [0.15, 0.2) is 0 Å². The Labute approximate surface area is 125 Å². The fraction of sp³-hybridized carbons (Fsp3) is 0.500. The number of rotatable bonds is 3.